The first-order valence-electron chi connectivity index (χ1n) is 9.53. The summed E-state index contributed by atoms with van der Waals surface area (Å²) >= 11 is 1.64. The smallest absolute Gasteiger partial charge is 0.238 e. The number of carbonyl (C=O) groups excluding carboxylic acids is 2. The maximum absolute atomic E-state index is 12.5. The van der Waals surface area contributed by atoms with Gasteiger partial charge in [-0.15, -0.1) is 11.8 Å². The van der Waals surface area contributed by atoms with Gasteiger partial charge in [-0.2, -0.15) is 0 Å². The molecule has 1 aliphatic carbocycles. The van der Waals surface area contributed by atoms with Gasteiger partial charge in [-0.05, 0) is 55.2 Å². The van der Waals surface area contributed by atoms with E-state index in [1.165, 1.54) is 0 Å². The molecule has 4 rings (SSSR count). The van der Waals surface area contributed by atoms with E-state index in [-0.39, 0.29) is 23.1 Å². The van der Waals surface area contributed by atoms with Gasteiger partial charge in [-0.1, -0.05) is 37.1 Å². The Labute approximate surface area is 164 Å². The first-order valence-corrected chi connectivity index (χ1v) is 10.6. The van der Waals surface area contributed by atoms with E-state index in [4.69, 9.17) is 0 Å². The average Bonchev–Trinajstić information content (AvgIpc) is 3.32. The van der Waals surface area contributed by atoms with Crippen LogP contribution in [0.2, 0.25) is 0 Å². The number of hydrogen-bond donors (Lipinski definition) is 1. The predicted octanol–water partition coefficient (Wildman–Crippen LogP) is 4.90. The summed E-state index contributed by atoms with van der Waals surface area (Å²) in [5.74, 6) is 0.907. The summed E-state index contributed by atoms with van der Waals surface area (Å²) in [6, 6.07) is 16.0. The van der Waals surface area contributed by atoms with Gasteiger partial charge < -0.3 is 5.32 Å². The monoisotopic (exact) mass is 380 g/mol. The number of benzene rings is 2. The molecule has 1 N–H and O–H groups in total. The van der Waals surface area contributed by atoms with Crippen LogP contribution in [-0.2, 0) is 9.59 Å². The minimum absolute atomic E-state index is 0.0288. The van der Waals surface area contributed by atoms with Crippen molar-refractivity contribution in [3.63, 3.8) is 0 Å². The molecule has 2 aliphatic rings. The third-order valence-electron chi connectivity index (χ3n) is 5.34. The minimum Gasteiger partial charge on any atom is -0.326 e. The number of hydrogen-bond acceptors (Lipinski definition) is 3. The molecule has 0 aromatic heterocycles. The van der Waals surface area contributed by atoms with Crippen molar-refractivity contribution in [2.45, 2.75) is 38.0 Å². The topological polar surface area (TPSA) is 49.4 Å². The summed E-state index contributed by atoms with van der Waals surface area (Å²) in [5, 5.41) is 3.01. The largest absolute Gasteiger partial charge is 0.326 e. The first-order chi connectivity index (χ1) is 13.1. The molecule has 2 aromatic rings. The molecule has 0 bridgehead atoms. The summed E-state index contributed by atoms with van der Waals surface area (Å²) in [6.07, 6.45) is 4.30. The van der Waals surface area contributed by atoms with Gasteiger partial charge >= 0.3 is 0 Å². The van der Waals surface area contributed by atoms with Crippen molar-refractivity contribution in [3.05, 3.63) is 59.7 Å². The fourth-order valence-corrected chi connectivity index (χ4v) is 5.07. The van der Waals surface area contributed by atoms with Gasteiger partial charge in [0.25, 0.3) is 0 Å². The molecule has 1 saturated carbocycles. The summed E-state index contributed by atoms with van der Waals surface area (Å²) in [7, 11) is 0. The molecule has 5 heteroatoms. The SMILES string of the molecule is Cc1cccc(N2C(=O)CSC2c2ccc(NC(=O)C3CCCC3)cc2)c1. The molecule has 1 unspecified atom stereocenters. The Bertz CT molecular complexity index is 844. The molecule has 4 nitrogen and oxygen atoms in total. The molecular formula is C22H24N2O2S. The Kier molecular flexibility index (Phi) is 5.21. The lowest BCUT2D eigenvalue weighted by Crippen LogP contribution is -2.27. The van der Waals surface area contributed by atoms with Crippen molar-refractivity contribution in [2.75, 3.05) is 16.0 Å². The van der Waals surface area contributed by atoms with E-state index >= 15 is 0 Å². The second kappa shape index (κ2) is 7.77. The highest BCUT2D eigenvalue weighted by Gasteiger charge is 2.34. The van der Waals surface area contributed by atoms with E-state index in [9.17, 15) is 9.59 Å². The number of rotatable bonds is 4. The van der Waals surface area contributed by atoms with Gasteiger partial charge in [-0.3, -0.25) is 14.5 Å². The van der Waals surface area contributed by atoms with Crippen LogP contribution in [0.3, 0.4) is 0 Å². The zero-order valence-electron chi connectivity index (χ0n) is 15.5. The van der Waals surface area contributed by atoms with Crippen molar-refractivity contribution in [3.8, 4) is 0 Å². The lowest BCUT2D eigenvalue weighted by Gasteiger charge is -2.25. The maximum atomic E-state index is 12.5. The second-order valence-corrected chi connectivity index (χ2v) is 8.43. The highest BCUT2D eigenvalue weighted by molar-refractivity contribution is 8.00. The van der Waals surface area contributed by atoms with Crippen LogP contribution in [0, 0.1) is 12.8 Å². The first kappa shape index (κ1) is 18.1. The van der Waals surface area contributed by atoms with Crippen molar-refractivity contribution < 1.29 is 9.59 Å². The van der Waals surface area contributed by atoms with Crippen LogP contribution < -0.4 is 10.2 Å². The van der Waals surface area contributed by atoms with Crippen LogP contribution in [0.25, 0.3) is 0 Å². The van der Waals surface area contributed by atoms with Crippen LogP contribution in [0.4, 0.5) is 11.4 Å². The average molecular weight is 381 g/mol. The fraction of sp³-hybridized carbons (Fsp3) is 0.364. The Morgan fingerprint density at radius 3 is 2.56 bits per heavy atom. The molecule has 0 spiro atoms. The normalized spacial score (nSPS) is 20.3. The van der Waals surface area contributed by atoms with Gasteiger partial charge in [0, 0.05) is 17.3 Å². The number of nitrogens with one attached hydrogen (secondary N) is 1. The van der Waals surface area contributed by atoms with Gasteiger partial charge in [0.1, 0.15) is 5.37 Å². The number of aryl methyl sites for hydroxylation is 1. The molecule has 1 aliphatic heterocycles. The van der Waals surface area contributed by atoms with Crippen molar-refractivity contribution >= 4 is 35.0 Å². The highest BCUT2D eigenvalue weighted by atomic mass is 32.2. The van der Waals surface area contributed by atoms with E-state index in [2.05, 4.69) is 5.32 Å². The molecule has 0 radical (unpaired) electrons. The third kappa shape index (κ3) is 3.88. The maximum Gasteiger partial charge on any atom is 0.238 e. The van der Waals surface area contributed by atoms with Crippen LogP contribution in [-0.4, -0.2) is 17.6 Å². The summed E-state index contributed by atoms with van der Waals surface area (Å²) in [5.41, 5.74) is 3.98. The molecule has 140 valence electrons. The third-order valence-corrected chi connectivity index (χ3v) is 6.55. The molecule has 1 saturated heterocycles. The summed E-state index contributed by atoms with van der Waals surface area (Å²) in [6.45, 7) is 2.04. The zero-order valence-corrected chi connectivity index (χ0v) is 16.3. The highest BCUT2D eigenvalue weighted by Crippen LogP contribution is 2.42. The number of carbonyl (C=O) groups is 2. The van der Waals surface area contributed by atoms with Crippen molar-refractivity contribution in [1.29, 1.82) is 0 Å². The lowest BCUT2D eigenvalue weighted by molar-refractivity contribution is -0.119. The summed E-state index contributed by atoms with van der Waals surface area (Å²) in [4.78, 5) is 26.7. The standard InChI is InChI=1S/C22H24N2O2S/c1-15-5-4-8-19(13-15)24-20(25)14-27-22(24)17-9-11-18(12-10-17)23-21(26)16-6-2-3-7-16/h4-5,8-13,16,22H,2-3,6-7,14H2,1H3,(H,23,26). The Hall–Kier alpha value is -2.27. The molecule has 1 heterocycles. The van der Waals surface area contributed by atoms with E-state index in [1.54, 1.807) is 11.8 Å². The molecule has 2 aromatic carbocycles. The minimum atomic E-state index is -0.0288. The van der Waals surface area contributed by atoms with Gasteiger partial charge in [0.05, 0.1) is 5.75 Å². The quantitative estimate of drug-likeness (QED) is 0.820. The number of thioether (sulfide) groups is 1. The van der Waals surface area contributed by atoms with Crippen LogP contribution in [0.5, 0.6) is 0 Å². The van der Waals surface area contributed by atoms with Crippen LogP contribution in [0.15, 0.2) is 48.5 Å². The molecule has 27 heavy (non-hydrogen) atoms. The lowest BCUT2D eigenvalue weighted by atomic mass is 10.1. The number of nitrogens with zero attached hydrogens (tertiary/aromatic N) is 1. The van der Waals surface area contributed by atoms with E-state index in [0.29, 0.717) is 5.75 Å². The van der Waals surface area contributed by atoms with E-state index < -0.39 is 0 Å². The fourth-order valence-electron chi connectivity index (χ4n) is 3.89. The van der Waals surface area contributed by atoms with Crippen molar-refractivity contribution in [1.82, 2.24) is 0 Å². The predicted molar refractivity (Wildman–Crippen MR) is 111 cm³/mol. The molecule has 2 fully saturated rings. The van der Waals surface area contributed by atoms with Crippen molar-refractivity contribution in [2.24, 2.45) is 5.92 Å². The van der Waals surface area contributed by atoms with E-state index in [0.717, 1.165) is 48.2 Å². The van der Waals surface area contributed by atoms with Gasteiger partial charge in [0.2, 0.25) is 11.8 Å². The van der Waals surface area contributed by atoms with Crippen LogP contribution in [0.1, 0.15) is 42.2 Å². The molecule has 2 amide bonds. The summed E-state index contributed by atoms with van der Waals surface area (Å²) < 4.78 is 0. The molecular weight excluding hydrogens is 356 g/mol. The Morgan fingerprint density at radius 2 is 1.85 bits per heavy atom. The second-order valence-electron chi connectivity index (χ2n) is 7.36. The van der Waals surface area contributed by atoms with Gasteiger partial charge in [-0.25, -0.2) is 0 Å². The van der Waals surface area contributed by atoms with Gasteiger partial charge in [0.15, 0.2) is 0 Å². The molecule has 1 atom stereocenters. The zero-order chi connectivity index (χ0) is 18.8. The number of amides is 2. The number of anilines is 2. The van der Waals surface area contributed by atoms with Crippen LogP contribution >= 0.6 is 11.8 Å². The Balaban J connectivity index is 1.50. The Morgan fingerprint density at radius 1 is 1.11 bits per heavy atom. The van der Waals surface area contributed by atoms with E-state index in [1.807, 2.05) is 60.4 Å².